The van der Waals surface area contributed by atoms with E-state index in [4.69, 9.17) is 16.6 Å². The summed E-state index contributed by atoms with van der Waals surface area (Å²) in [5.74, 6) is -2.05. The Balaban J connectivity index is 1.48. The summed E-state index contributed by atoms with van der Waals surface area (Å²) in [6, 6.07) is 29.4. The van der Waals surface area contributed by atoms with E-state index >= 15 is 0 Å². The number of carboxylic acid groups (broad SMARTS) is 1. The number of hydrogen-bond acceptors (Lipinski definition) is 4. The molecule has 0 spiro atoms. The minimum atomic E-state index is -1.09. The number of guanidine groups is 1. The van der Waals surface area contributed by atoms with Crippen molar-refractivity contribution in [3.8, 4) is 11.1 Å². The number of benzene rings is 4. The summed E-state index contributed by atoms with van der Waals surface area (Å²) in [5, 5.41) is 14.7. The van der Waals surface area contributed by atoms with E-state index in [0.717, 1.165) is 16.7 Å². The molecule has 2 amide bonds. The van der Waals surface area contributed by atoms with E-state index in [1.165, 1.54) is 24.3 Å². The molecule has 4 rings (SSSR count). The normalized spacial score (nSPS) is 11.2. The second kappa shape index (κ2) is 12.9. The van der Waals surface area contributed by atoms with Gasteiger partial charge in [-0.25, -0.2) is 9.79 Å². The fraction of sp³-hybridized carbons (Fsp3) is 0.0968. The van der Waals surface area contributed by atoms with Crippen molar-refractivity contribution in [3.05, 3.63) is 120 Å². The van der Waals surface area contributed by atoms with Gasteiger partial charge in [0.2, 0.25) is 5.91 Å². The van der Waals surface area contributed by atoms with Crippen molar-refractivity contribution < 1.29 is 19.5 Å². The fourth-order valence-electron chi connectivity index (χ4n) is 4.08. The predicted octanol–water partition coefficient (Wildman–Crippen LogP) is 4.33. The van der Waals surface area contributed by atoms with Crippen LogP contribution >= 0.6 is 0 Å². The van der Waals surface area contributed by atoms with Gasteiger partial charge in [-0.2, -0.15) is 0 Å². The van der Waals surface area contributed by atoms with Gasteiger partial charge in [-0.3, -0.25) is 9.59 Å². The maximum atomic E-state index is 13.3. The first-order valence-electron chi connectivity index (χ1n) is 12.6. The van der Waals surface area contributed by atoms with E-state index in [2.05, 4.69) is 15.6 Å². The van der Waals surface area contributed by atoms with Crippen molar-refractivity contribution in [2.24, 2.45) is 16.5 Å². The van der Waals surface area contributed by atoms with Crippen molar-refractivity contribution in [3.63, 3.8) is 0 Å². The Morgan fingerprint density at radius 1 is 0.750 bits per heavy atom. The van der Waals surface area contributed by atoms with E-state index in [1.807, 2.05) is 54.6 Å². The number of aromatic carboxylic acids is 1. The Hall–Kier alpha value is -5.44. The molecule has 202 valence electrons. The molecule has 4 aromatic carbocycles. The molecule has 0 radical (unpaired) electrons. The molecule has 0 aromatic heterocycles. The zero-order valence-electron chi connectivity index (χ0n) is 21.6. The molecule has 4 aromatic rings. The van der Waals surface area contributed by atoms with Crippen molar-refractivity contribution in [1.82, 2.24) is 5.32 Å². The molecule has 0 aliphatic rings. The maximum Gasteiger partial charge on any atom is 0.335 e. The molecule has 1 unspecified atom stereocenters. The average Bonchev–Trinajstić information content (AvgIpc) is 2.96. The molecule has 0 heterocycles. The Morgan fingerprint density at radius 3 is 1.95 bits per heavy atom. The SMILES string of the molecule is NC(N)=Nc1ccc(NC(=O)C(CCc2ccc(-c3ccccc3)cc2)NC(=O)c2ccc(C(=O)O)cc2)cc1. The van der Waals surface area contributed by atoms with E-state index in [9.17, 15) is 14.4 Å². The molecule has 9 heteroatoms. The largest absolute Gasteiger partial charge is 0.478 e. The van der Waals surface area contributed by atoms with Crippen LogP contribution in [-0.2, 0) is 11.2 Å². The van der Waals surface area contributed by atoms with Crippen molar-refractivity contribution in [2.45, 2.75) is 18.9 Å². The number of amides is 2. The highest BCUT2D eigenvalue weighted by atomic mass is 16.4. The van der Waals surface area contributed by atoms with E-state index in [0.29, 0.717) is 24.2 Å². The van der Waals surface area contributed by atoms with E-state index in [-0.39, 0.29) is 17.1 Å². The van der Waals surface area contributed by atoms with Crippen LogP contribution in [0.1, 0.15) is 32.7 Å². The van der Waals surface area contributed by atoms with Gasteiger partial charge >= 0.3 is 5.97 Å². The Kier molecular flexibility index (Phi) is 8.88. The average molecular weight is 536 g/mol. The van der Waals surface area contributed by atoms with E-state index in [1.54, 1.807) is 24.3 Å². The number of anilines is 1. The summed E-state index contributed by atoms with van der Waals surface area (Å²) in [5.41, 5.74) is 15.4. The van der Waals surface area contributed by atoms with Crippen LogP contribution in [0, 0.1) is 0 Å². The van der Waals surface area contributed by atoms with Gasteiger partial charge < -0.3 is 27.2 Å². The zero-order chi connectivity index (χ0) is 28.5. The summed E-state index contributed by atoms with van der Waals surface area (Å²) in [6.07, 6.45) is 0.871. The number of rotatable bonds is 10. The van der Waals surface area contributed by atoms with Crippen molar-refractivity contribution in [2.75, 3.05) is 5.32 Å². The lowest BCUT2D eigenvalue weighted by Gasteiger charge is -2.19. The monoisotopic (exact) mass is 535 g/mol. The summed E-state index contributed by atoms with van der Waals surface area (Å²) in [6.45, 7) is 0. The molecule has 40 heavy (non-hydrogen) atoms. The molecule has 0 aliphatic heterocycles. The molecule has 1 atom stereocenters. The van der Waals surface area contributed by atoms with Crippen LogP contribution in [0.15, 0.2) is 108 Å². The third-order valence-electron chi connectivity index (χ3n) is 6.19. The third-order valence-corrected chi connectivity index (χ3v) is 6.19. The third kappa shape index (κ3) is 7.55. The number of nitrogens with zero attached hydrogens (tertiary/aromatic N) is 1. The first kappa shape index (κ1) is 27.6. The number of nitrogens with two attached hydrogens (primary N) is 2. The van der Waals surface area contributed by atoms with Crippen LogP contribution in [0.25, 0.3) is 11.1 Å². The van der Waals surface area contributed by atoms with Gasteiger partial charge in [-0.1, -0.05) is 54.6 Å². The van der Waals surface area contributed by atoms with E-state index < -0.39 is 23.8 Å². The van der Waals surface area contributed by atoms with Crippen LogP contribution in [0.5, 0.6) is 0 Å². The van der Waals surface area contributed by atoms with Crippen LogP contribution < -0.4 is 22.1 Å². The molecular weight excluding hydrogens is 506 g/mol. The second-order valence-corrected chi connectivity index (χ2v) is 9.08. The highest BCUT2D eigenvalue weighted by Gasteiger charge is 2.22. The molecule has 0 saturated carbocycles. The van der Waals surface area contributed by atoms with Crippen molar-refractivity contribution >= 4 is 35.1 Å². The highest BCUT2D eigenvalue weighted by molar-refractivity contribution is 6.01. The van der Waals surface area contributed by atoms with Gasteiger partial charge in [0, 0.05) is 11.3 Å². The molecule has 0 aliphatic carbocycles. The summed E-state index contributed by atoms with van der Waals surface area (Å²) >= 11 is 0. The standard InChI is InChI=1S/C31H29N5O4/c32-31(33)35-26-17-15-25(16-18-26)34-29(38)27(36-28(37)23-11-13-24(14-12-23)30(39)40)19-8-20-6-9-22(10-7-20)21-4-2-1-3-5-21/h1-7,9-18,27H,8,19H2,(H,34,38)(H,36,37)(H,39,40)(H4,32,33,35). The maximum absolute atomic E-state index is 13.3. The zero-order valence-corrected chi connectivity index (χ0v) is 21.6. The molecule has 0 fully saturated rings. The van der Waals surface area contributed by atoms with Gasteiger partial charge in [0.15, 0.2) is 5.96 Å². The number of aryl methyl sites for hydroxylation is 1. The lowest BCUT2D eigenvalue weighted by Crippen LogP contribution is -2.44. The van der Waals surface area contributed by atoms with Crippen LogP contribution in [0.3, 0.4) is 0 Å². The van der Waals surface area contributed by atoms with Crippen LogP contribution in [0.4, 0.5) is 11.4 Å². The number of aliphatic imine (C=N–C) groups is 1. The summed E-state index contributed by atoms with van der Waals surface area (Å²) in [4.78, 5) is 41.4. The second-order valence-electron chi connectivity index (χ2n) is 9.08. The minimum absolute atomic E-state index is 0.0639. The first-order valence-corrected chi connectivity index (χ1v) is 12.6. The number of carbonyl (C=O) groups excluding carboxylic acids is 2. The van der Waals surface area contributed by atoms with Crippen molar-refractivity contribution in [1.29, 1.82) is 0 Å². The topological polar surface area (TPSA) is 160 Å². The smallest absolute Gasteiger partial charge is 0.335 e. The Labute approximate surface area is 231 Å². The Bertz CT molecular complexity index is 1500. The summed E-state index contributed by atoms with van der Waals surface area (Å²) in [7, 11) is 0. The fourth-order valence-corrected chi connectivity index (χ4v) is 4.08. The molecule has 9 nitrogen and oxygen atoms in total. The van der Waals surface area contributed by atoms with Gasteiger partial charge in [0.25, 0.3) is 5.91 Å². The van der Waals surface area contributed by atoms with Gasteiger partial charge in [-0.15, -0.1) is 0 Å². The molecule has 0 saturated heterocycles. The number of nitrogens with one attached hydrogen (secondary N) is 2. The molecule has 7 N–H and O–H groups in total. The highest BCUT2D eigenvalue weighted by Crippen LogP contribution is 2.21. The minimum Gasteiger partial charge on any atom is -0.478 e. The summed E-state index contributed by atoms with van der Waals surface area (Å²) < 4.78 is 0. The van der Waals surface area contributed by atoms with Crippen LogP contribution in [0.2, 0.25) is 0 Å². The van der Waals surface area contributed by atoms with Gasteiger partial charge in [-0.05, 0) is 78.1 Å². The number of hydrogen-bond donors (Lipinski definition) is 5. The van der Waals surface area contributed by atoms with Gasteiger partial charge in [0.1, 0.15) is 6.04 Å². The first-order chi connectivity index (χ1) is 19.3. The lowest BCUT2D eigenvalue weighted by atomic mass is 10.00. The quantitative estimate of drug-likeness (QED) is 0.150. The molecular formula is C31H29N5O4. The van der Waals surface area contributed by atoms with Crippen LogP contribution in [-0.4, -0.2) is 34.9 Å². The predicted molar refractivity (Wildman–Crippen MR) is 155 cm³/mol. The number of carbonyl (C=O) groups is 3. The number of carboxylic acids is 1. The Morgan fingerprint density at radius 2 is 1.35 bits per heavy atom. The molecule has 0 bridgehead atoms. The lowest BCUT2D eigenvalue weighted by molar-refractivity contribution is -0.118. The van der Waals surface area contributed by atoms with Gasteiger partial charge in [0.05, 0.1) is 11.3 Å².